The van der Waals surface area contributed by atoms with Crippen LogP contribution in [0.4, 0.5) is 0 Å². The van der Waals surface area contributed by atoms with E-state index < -0.39 is 0 Å². The number of hydrogen-bond acceptors (Lipinski definition) is 4. The molecule has 5 heteroatoms. The topological polar surface area (TPSA) is 52.0 Å². The fourth-order valence-electron chi connectivity index (χ4n) is 1.34. The summed E-state index contributed by atoms with van der Waals surface area (Å²) in [5, 5.41) is 7.76. The fraction of sp³-hybridized carbons (Fsp3) is 0.846. The van der Waals surface area contributed by atoms with Gasteiger partial charge in [0.1, 0.15) is 6.33 Å². The van der Waals surface area contributed by atoms with E-state index in [1.807, 2.05) is 4.68 Å². The highest BCUT2D eigenvalue weighted by Gasteiger charge is 2.10. The van der Waals surface area contributed by atoms with E-state index in [0.29, 0.717) is 19.1 Å². The summed E-state index contributed by atoms with van der Waals surface area (Å²) >= 11 is 0. The molecule has 0 aromatic carbocycles. The number of ether oxygens (including phenoxy) is 1. The molecule has 0 atom stereocenters. The zero-order chi connectivity index (χ0) is 13.6. The van der Waals surface area contributed by atoms with Gasteiger partial charge in [-0.3, -0.25) is 4.68 Å². The first-order chi connectivity index (χ1) is 8.37. The maximum atomic E-state index is 5.52. The Morgan fingerprint density at radius 2 is 2.11 bits per heavy atom. The molecule has 0 aliphatic heterocycles. The van der Waals surface area contributed by atoms with Crippen LogP contribution < -0.4 is 5.32 Å². The van der Waals surface area contributed by atoms with E-state index in [-0.39, 0.29) is 5.54 Å². The molecule has 0 amide bonds. The van der Waals surface area contributed by atoms with Gasteiger partial charge in [0, 0.05) is 12.1 Å². The van der Waals surface area contributed by atoms with E-state index in [1.54, 1.807) is 6.33 Å². The molecule has 0 fully saturated rings. The molecular weight excluding hydrogens is 228 g/mol. The van der Waals surface area contributed by atoms with Gasteiger partial charge in [-0.15, -0.1) is 0 Å². The van der Waals surface area contributed by atoms with Crippen molar-refractivity contribution in [2.75, 3.05) is 13.2 Å². The van der Waals surface area contributed by atoms with Crippen molar-refractivity contribution in [3.63, 3.8) is 0 Å². The first kappa shape index (κ1) is 15.1. The van der Waals surface area contributed by atoms with Gasteiger partial charge in [-0.25, -0.2) is 4.98 Å². The summed E-state index contributed by atoms with van der Waals surface area (Å²) in [6.07, 6.45) is 1.76. The quantitative estimate of drug-likeness (QED) is 0.754. The van der Waals surface area contributed by atoms with Crippen molar-refractivity contribution >= 4 is 0 Å². The lowest BCUT2D eigenvalue weighted by Gasteiger charge is -2.19. The molecule has 0 unspecified atom stereocenters. The molecule has 0 aliphatic carbocycles. The van der Waals surface area contributed by atoms with E-state index >= 15 is 0 Å². The minimum Gasteiger partial charge on any atom is -0.379 e. The van der Waals surface area contributed by atoms with E-state index in [9.17, 15) is 0 Å². The van der Waals surface area contributed by atoms with Gasteiger partial charge in [0.2, 0.25) is 0 Å². The summed E-state index contributed by atoms with van der Waals surface area (Å²) in [6, 6.07) is 0. The highest BCUT2D eigenvalue weighted by Crippen LogP contribution is 2.00. The van der Waals surface area contributed by atoms with Crippen molar-refractivity contribution in [1.29, 1.82) is 0 Å². The smallest absolute Gasteiger partial charge is 0.164 e. The second kappa shape index (κ2) is 6.85. The van der Waals surface area contributed by atoms with Gasteiger partial charge in [0.05, 0.1) is 19.7 Å². The number of nitrogens with zero attached hydrogens (tertiary/aromatic N) is 3. The van der Waals surface area contributed by atoms with E-state index in [1.165, 1.54) is 0 Å². The van der Waals surface area contributed by atoms with Crippen LogP contribution in [0.15, 0.2) is 6.33 Å². The van der Waals surface area contributed by atoms with Crippen LogP contribution in [0.3, 0.4) is 0 Å². The standard InChI is InChI=1S/C13H26N4O/c1-11(2)9-18-7-6-17-10-14-12(16-17)8-15-13(3,4)5/h10-11,15H,6-9H2,1-5H3. The molecule has 0 spiro atoms. The number of nitrogens with one attached hydrogen (secondary N) is 1. The Morgan fingerprint density at radius 3 is 2.72 bits per heavy atom. The maximum Gasteiger partial charge on any atom is 0.164 e. The van der Waals surface area contributed by atoms with Gasteiger partial charge >= 0.3 is 0 Å². The minimum absolute atomic E-state index is 0.0891. The number of hydrogen-bond donors (Lipinski definition) is 1. The van der Waals surface area contributed by atoms with Gasteiger partial charge in [0.25, 0.3) is 0 Å². The molecule has 1 N–H and O–H groups in total. The summed E-state index contributed by atoms with van der Waals surface area (Å²) in [7, 11) is 0. The van der Waals surface area contributed by atoms with Crippen LogP contribution >= 0.6 is 0 Å². The molecule has 104 valence electrons. The Balaban J connectivity index is 2.26. The summed E-state index contributed by atoms with van der Waals surface area (Å²) < 4.78 is 7.35. The average molecular weight is 254 g/mol. The van der Waals surface area contributed by atoms with Crippen LogP contribution in [0.2, 0.25) is 0 Å². The first-order valence-electron chi connectivity index (χ1n) is 6.58. The first-order valence-corrected chi connectivity index (χ1v) is 6.58. The summed E-state index contributed by atoms with van der Waals surface area (Å²) in [6.45, 7) is 13.6. The average Bonchev–Trinajstić information content (AvgIpc) is 2.68. The van der Waals surface area contributed by atoms with Crippen molar-refractivity contribution in [3.05, 3.63) is 12.2 Å². The normalized spacial score (nSPS) is 12.3. The third-order valence-electron chi connectivity index (χ3n) is 2.28. The van der Waals surface area contributed by atoms with Gasteiger partial charge in [-0.2, -0.15) is 5.10 Å². The molecule has 1 heterocycles. The summed E-state index contributed by atoms with van der Waals surface area (Å²) in [5.74, 6) is 1.40. The predicted molar refractivity (Wildman–Crippen MR) is 72.3 cm³/mol. The molecule has 1 aromatic rings. The monoisotopic (exact) mass is 254 g/mol. The summed E-state index contributed by atoms with van der Waals surface area (Å²) in [4.78, 5) is 4.27. The molecule has 5 nitrogen and oxygen atoms in total. The highest BCUT2D eigenvalue weighted by atomic mass is 16.5. The third kappa shape index (κ3) is 6.71. The van der Waals surface area contributed by atoms with Crippen molar-refractivity contribution in [2.45, 2.75) is 53.2 Å². The molecular formula is C13H26N4O. The van der Waals surface area contributed by atoms with Crippen LogP contribution in [-0.2, 0) is 17.8 Å². The van der Waals surface area contributed by atoms with Crippen molar-refractivity contribution in [3.8, 4) is 0 Å². The Bertz CT molecular complexity index is 341. The van der Waals surface area contributed by atoms with Crippen LogP contribution in [-0.4, -0.2) is 33.5 Å². The third-order valence-corrected chi connectivity index (χ3v) is 2.28. The second-order valence-corrected chi connectivity index (χ2v) is 6.00. The Hall–Kier alpha value is -0.940. The summed E-state index contributed by atoms with van der Waals surface area (Å²) in [5.41, 5.74) is 0.0891. The maximum absolute atomic E-state index is 5.52. The molecule has 0 aliphatic rings. The second-order valence-electron chi connectivity index (χ2n) is 6.00. The van der Waals surface area contributed by atoms with E-state index in [0.717, 1.165) is 19.0 Å². The number of aromatic nitrogens is 3. The van der Waals surface area contributed by atoms with Crippen LogP contribution in [0, 0.1) is 5.92 Å². The van der Waals surface area contributed by atoms with Crippen molar-refractivity contribution < 1.29 is 4.74 Å². The highest BCUT2D eigenvalue weighted by molar-refractivity contribution is 4.83. The lowest BCUT2D eigenvalue weighted by Crippen LogP contribution is -2.35. The molecule has 0 saturated heterocycles. The van der Waals surface area contributed by atoms with Crippen LogP contribution in [0.1, 0.15) is 40.4 Å². The molecule has 0 bridgehead atoms. The van der Waals surface area contributed by atoms with Crippen LogP contribution in [0.5, 0.6) is 0 Å². The van der Waals surface area contributed by atoms with E-state index in [2.05, 4.69) is 50.0 Å². The SMILES string of the molecule is CC(C)COCCn1cnc(CNC(C)(C)C)n1. The molecule has 0 saturated carbocycles. The minimum atomic E-state index is 0.0891. The van der Waals surface area contributed by atoms with Gasteiger partial charge in [-0.05, 0) is 26.7 Å². The predicted octanol–water partition coefficient (Wildman–Crippen LogP) is 1.84. The zero-order valence-corrected chi connectivity index (χ0v) is 12.2. The molecule has 18 heavy (non-hydrogen) atoms. The molecule has 1 rings (SSSR count). The van der Waals surface area contributed by atoms with Crippen molar-refractivity contribution in [1.82, 2.24) is 20.1 Å². The molecule has 1 aromatic heterocycles. The number of rotatable bonds is 7. The van der Waals surface area contributed by atoms with Gasteiger partial charge in [0.15, 0.2) is 5.82 Å². The molecule has 0 radical (unpaired) electrons. The Labute approximate surface area is 110 Å². The van der Waals surface area contributed by atoms with Crippen LogP contribution in [0.25, 0.3) is 0 Å². The van der Waals surface area contributed by atoms with Gasteiger partial charge < -0.3 is 10.1 Å². The lowest BCUT2D eigenvalue weighted by atomic mass is 10.1. The Kier molecular flexibility index (Phi) is 5.75. The fourth-order valence-corrected chi connectivity index (χ4v) is 1.34. The zero-order valence-electron chi connectivity index (χ0n) is 12.2. The largest absolute Gasteiger partial charge is 0.379 e. The van der Waals surface area contributed by atoms with Crippen molar-refractivity contribution in [2.24, 2.45) is 5.92 Å². The lowest BCUT2D eigenvalue weighted by molar-refractivity contribution is 0.101. The Morgan fingerprint density at radius 1 is 1.39 bits per heavy atom. The van der Waals surface area contributed by atoms with Gasteiger partial charge in [-0.1, -0.05) is 13.8 Å². The van der Waals surface area contributed by atoms with E-state index in [4.69, 9.17) is 4.74 Å².